The topological polar surface area (TPSA) is 38.9 Å². The summed E-state index contributed by atoms with van der Waals surface area (Å²) in [6.45, 7) is 6.49. The Hall–Kier alpha value is -0.540. The zero-order valence-electron chi connectivity index (χ0n) is 7.66. The van der Waals surface area contributed by atoms with Crippen molar-refractivity contribution in [2.75, 3.05) is 0 Å². The van der Waals surface area contributed by atoms with E-state index < -0.39 is 0 Å². The lowest BCUT2D eigenvalue weighted by Crippen LogP contribution is -2.11. The Kier molecular flexibility index (Phi) is 2.75. The maximum atomic E-state index is 5.44. The zero-order chi connectivity index (χ0) is 9.19. The van der Waals surface area contributed by atoms with Crippen LogP contribution < -0.4 is 5.14 Å². The maximum absolute atomic E-state index is 5.44. The van der Waals surface area contributed by atoms with Gasteiger partial charge in [0.2, 0.25) is 0 Å². The van der Waals surface area contributed by atoms with Gasteiger partial charge in [-0.15, -0.1) is 0 Å². The lowest BCUT2D eigenvalue weighted by molar-refractivity contribution is 0.585. The van der Waals surface area contributed by atoms with Crippen molar-refractivity contribution in [1.29, 1.82) is 0 Å². The van der Waals surface area contributed by atoms with E-state index in [9.17, 15) is 0 Å². The van der Waals surface area contributed by atoms with Crippen LogP contribution in [0.3, 0.4) is 0 Å². The molecule has 0 aliphatic carbocycles. The first kappa shape index (κ1) is 9.55. The van der Waals surface area contributed by atoms with E-state index >= 15 is 0 Å². The molecule has 0 amide bonds. The SMILES string of the molecule is CC(C)(C)c1cncc(SN)c1. The Balaban J connectivity index is 3.02. The summed E-state index contributed by atoms with van der Waals surface area (Å²) < 4.78 is 0. The molecule has 0 saturated heterocycles. The molecule has 0 unspecified atom stereocenters. The molecule has 0 saturated carbocycles. The van der Waals surface area contributed by atoms with E-state index in [2.05, 4.69) is 31.8 Å². The summed E-state index contributed by atoms with van der Waals surface area (Å²) in [4.78, 5) is 5.14. The standard InChI is InChI=1S/C9H14N2S/c1-9(2,3)7-4-8(12-10)6-11-5-7/h4-6H,10H2,1-3H3. The van der Waals surface area contributed by atoms with Crippen LogP contribution in [0.4, 0.5) is 0 Å². The monoisotopic (exact) mass is 182 g/mol. The summed E-state index contributed by atoms with van der Waals surface area (Å²) in [5.74, 6) is 0. The van der Waals surface area contributed by atoms with Crippen LogP contribution in [-0.4, -0.2) is 4.98 Å². The number of pyridine rings is 1. The van der Waals surface area contributed by atoms with Crippen LogP contribution in [0.2, 0.25) is 0 Å². The number of hydrogen-bond acceptors (Lipinski definition) is 3. The van der Waals surface area contributed by atoms with Crippen molar-refractivity contribution in [2.45, 2.75) is 31.1 Å². The molecule has 3 heteroatoms. The molecular formula is C9H14N2S. The molecule has 1 rings (SSSR count). The van der Waals surface area contributed by atoms with E-state index in [1.807, 2.05) is 6.20 Å². The van der Waals surface area contributed by atoms with Gasteiger partial charge in [-0.2, -0.15) is 0 Å². The van der Waals surface area contributed by atoms with Gasteiger partial charge in [-0.25, -0.2) is 0 Å². The van der Waals surface area contributed by atoms with Gasteiger partial charge < -0.3 is 0 Å². The van der Waals surface area contributed by atoms with Crippen molar-refractivity contribution < 1.29 is 0 Å². The molecule has 1 aromatic rings. The van der Waals surface area contributed by atoms with E-state index in [0.717, 1.165) is 4.90 Å². The number of rotatable bonds is 1. The number of nitrogens with two attached hydrogens (primary N) is 1. The summed E-state index contributed by atoms with van der Waals surface area (Å²) in [7, 11) is 0. The molecule has 1 aromatic heterocycles. The molecule has 2 nitrogen and oxygen atoms in total. The Morgan fingerprint density at radius 1 is 1.33 bits per heavy atom. The molecule has 0 fully saturated rings. The Morgan fingerprint density at radius 3 is 2.50 bits per heavy atom. The smallest absolute Gasteiger partial charge is 0.0417 e. The molecule has 2 N–H and O–H groups in total. The molecule has 0 aromatic carbocycles. The molecule has 0 bridgehead atoms. The second-order valence-electron chi connectivity index (χ2n) is 3.78. The fourth-order valence-electron chi connectivity index (χ4n) is 0.893. The molecule has 12 heavy (non-hydrogen) atoms. The van der Waals surface area contributed by atoms with Crippen LogP contribution in [0.25, 0.3) is 0 Å². The quantitative estimate of drug-likeness (QED) is 0.677. The van der Waals surface area contributed by atoms with Gasteiger partial charge in [0.25, 0.3) is 0 Å². The molecule has 0 spiro atoms. The van der Waals surface area contributed by atoms with Crippen LogP contribution in [-0.2, 0) is 5.41 Å². The van der Waals surface area contributed by atoms with E-state index in [1.54, 1.807) is 6.20 Å². The van der Waals surface area contributed by atoms with Gasteiger partial charge in [-0.05, 0) is 29.0 Å². The van der Waals surface area contributed by atoms with E-state index in [1.165, 1.54) is 17.5 Å². The Morgan fingerprint density at radius 2 is 2.00 bits per heavy atom. The summed E-state index contributed by atoms with van der Waals surface area (Å²) in [5.41, 5.74) is 1.37. The van der Waals surface area contributed by atoms with Gasteiger partial charge in [-0.1, -0.05) is 20.8 Å². The minimum atomic E-state index is 0.152. The first-order chi connectivity index (χ1) is 5.54. The summed E-state index contributed by atoms with van der Waals surface area (Å²) in [6, 6.07) is 2.08. The predicted molar refractivity (Wildman–Crippen MR) is 53.0 cm³/mol. The fourth-order valence-corrected chi connectivity index (χ4v) is 1.21. The van der Waals surface area contributed by atoms with E-state index in [0.29, 0.717) is 0 Å². The second kappa shape index (κ2) is 3.46. The summed E-state index contributed by atoms with van der Waals surface area (Å²) >= 11 is 1.24. The molecule has 66 valence electrons. The van der Waals surface area contributed by atoms with Gasteiger partial charge >= 0.3 is 0 Å². The highest BCUT2D eigenvalue weighted by Crippen LogP contribution is 2.23. The van der Waals surface area contributed by atoms with Crippen LogP contribution in [0.15, 0.2) is 23.4 Å². The third-order valence-electron chi connectivity index (χ3n) is 1.72. The van der Waals surface area contributed by atoms with Crippen LogP contribution in [0.1, 0.15) is 26.3 Å². The van der Waals surface area contributed by atoms with E-state index in [4.69, 9.17) is 5.14 Å². The third-order valence-corrected chi connectivity index (χ3v) is 2.21. The van der Waals surface area contributed by atoms with Crippen molar-refractivity contribution in [1.82, 2.24) is 4.98 Å². The average Bonchev–Trinajstić information content (AvgIpc) is 2.03. The van der Waals surface area contributed by atoms with Crippen molar-refractivity contribution in [2.24, 2.45) is 5.14 Å². The number of nitrogens with zero attached hydrogens (tertiary/aromatic N) is 1. The zero-order valence-corrected chi connectivity index (χ0v) is 8.48. The minimum absolute atomic E-state index is 0.152. The average molecular weight is 182 g/mol. The third kappa shape index (κ3) is 2.22. The van der Waals surface area contributed by atoms with Crippen molar-refractivity contribution in [3.63, 3.8) is 0 Å². The predicted octanol–water partition coefficient (Wildman–Crippen LogP) is 2.34. The highest BCUT2D eigenvalue weighted by molar-refractivity contribution is 7.97. The van der Waals surface area contributed by atoms with Crippen molar-refractivity contribution in [3.8, 4) is 0 Å². The second-order valence-corrected chi connectivity index (χ2v) is 4.48. The van der Waals surface area contributed by atoms with Crippen molar-refractivity contribution >= 4 is 11.9 Å². The van der Waals surface area contributed by atoms with Crippen LogP contribution in [0, 0.1) is 0 Å². The lowest BCUT2D eigenvalue weighted by Gasteiger charge is -2.18. The molecule has 0 aliphatic rings. The highest BCUT2D eigenvalue weighted by atomic mass is 32.2. The molecule has 0 aliphatic heterocycles. The van der Waals surface area contributed by atoms with Gasteiger partial charge in [0.1, 0.15) is 0 Å². The lowest BCUT2D eigenvalue weighted by atomic mass is 9.88. The van der Waals surface area contributed by atoms with E-state index in [-0.39, 0.29) is 5.41 Å². The Labute approximate surface area is 77.7 Å². The van der Waals surface area contributed by atoms with Crippen LogP contribution >= 0.6 is 11.9 Å². The van der Waals surface area contributed by atoms with Gasteiger partial charge in [0, 0.05) is 17.3 Å². The molecule has 0 radical (unpaired) electrons. The largest absolute Gasteiger partial charge is 0.274 e. The number of hydrogen-bond donors (Lipinski definition) is 1. The fraction of sp³-hybridized carbons (Fsp3) is 0.444. The molecular weight excluding hydrogens is 168 g/mol. The van der Waals surface area contributed by atoms with Crippen LogP contribution in [0.5, 0.6) is 0 Å². The number of aromatic nitrogens is 1. The molecule has 1 heterocycles. The van der Waals surface area contributed by atoms with Gasteiger partial charge in [0.15, 0.2) is 0 Å². The highest BCUT2D eigenvalue weighted by Gasteiger charge is 2.13. The minimum Gasteiger partial charge on any atom is -0.274 e. The summed E-state index contributed by atoms with van der Waals surface area (Å²) in [6.07, 6.45) is 3.67. The maximum Gasteiger partial charge on any atom is 0.0417 e. The van der Waals surface area contributed by atoms with Crippen molar-refractivity contribution in [3.05, 3.63) is 24.0 Å². The van der Waals surface area contributed by atoms with Gasteiger partial charge in [0.05, 0.1) is 0 Å². The summed E-state index contributed by atoms with van der Waals surface area (Å²) in [5, 5.41) is 5.44. The molecule has 0 atom stereocenters. The normalized spacial score (nSPS) is 11.7. The first-order valence-corrected chi connectivity index (χ1v) is 4.74. The first-order valence-electron chi connectivity index (χ1n) is 3.86. The van der Waals surface area contributed by atoms with Gasteiger partial charge in [-0.3, -0.25) is 10.1 Å². The Bertz CT molecular complexity index is 265.